The van der Waals surface area contributed by atoms with Gasteiger partial charge in [0.2, 0.25) is 0 Å². The third kappa shape index (κ3) is 2.46. The van der Waals surface area contributed by atoms with Crippen molar-refractivity contribution in [1.29, 1.82) is 0 Å². The second kappa shape index (κ2) is 4.29. The quantitative estimate of drug-likeness (QED) is 0.695. The van der Waals surface area contributed by atoms with Crippen LogP contribution < -0.4 is 5.32 Å². The number of nitrogens with one attached hydrogen (secondary N) is 1. The molecular weight excluding hydrogens is 154 g/mol. The van der Waals surface area contributed by atoms with E-state index in [2.05, 4.69) is 36.5 Å². The van der Waals surface area contributed by atoms with Crippen molar-refractivity contribution in [2.24, 2.45) is 0 Å². The number of thioether (sulfide) groups is 1. The summed E-state index contributed by atoms with van der Waals surface area (Å²) in [6, 6.07) is 8.47. The molecule has 0 aromatic heterocycles. The predicted molar refractivity (Wildman–Crippen MR) is 52.4 cm³/mol. The van der Waals surface area contributed by atoms with E-state index in [4.69, 9.17) is 0 Å². The van der Waals surface area contributed by atoms with Crippen LogP contribution in [0.1, 0.15) is 6.92 Å². The third-order valence-corrected chi connectivity index (χ3v) is 2.35. The van der Waals surface area contributed by atoms with Crippen LogP contribution in [-0.4, -0.2) is 12.8 Å². The first-order valence-electron chi connectivity index (χ1n) is 3.77. The molecule has 0 spiro atoms. The number of hydrogen-bond donors (Lipinski definition) is 1. The van der Waals surface area contributed by atoms with Crippen molar-refractivity contribution in [3.05, 3.63) is 24.3 Å². The Morgan fingerprint density at radius 1 is 1.27 bits per heavy atom. The Morgan fingerprint density at radius 2 is 1.91 bits per heavy atom. The molecule has 1 nitrogen and oxygen atoms in total. The van der Waals surface area contributed by atoms with Gasteiger partial charge in [0.25, 0.3) is 0 Å². The zero-order valence-corrected chi connectivity index (χ0v) is 7.74. The largest absolute Gasteiger partial charge is 0.388 e. The fourth-order valence-corrected chi connectivity index (χ4v) is 1.55. The van der Waals surface area contributed by atoms with Gasteiger partial charge in [-0.3, -0.25) is 0 Å². The third-order valence-electron chi connectivity index (χ3n) is 1.45. The lowest BCUT2D eigenvalue weighted by Crippen LogP contribution is -1.86. The Bertz CT molecular complexity index is 205. The molecule has 1 N–H and O–H groups in total. The molecule has 0 atom stereocenters. The molecule has 0 saturated carbocycles. The van der Waals surface area contributed by atoms with Gasteiger partial charge in [-0.15, -0.1) is 11.8 Å². The van der Waals surface area contributed by atoms with Crippen molar-refractivity contribution in [1.82, 2.24) is 0 Å². The Morgan fingerprint density at radius 3 is 2.36 bits per heavy atom. The van der Waals surface area contributed by atoms with Gasteiger partial charge in [-0.2, -0.15) is 0 Å². The first-order valence-corrected chi connectivity index (χ1v) is 4.76. The Hall–Kier alpha value is -0.630. The van der Waals surface area contributed by atoms with Crippen LogP contribution in [0.4, 0.5) is 5.69 Å². The number of hydrogen-bond acceptors (Lipinski definition) is 2. The lowest BCUT2D eigenvalue weighted by molar-refractivity contribution is 1.40. The van der Waals surface area contributed by atoms with E-state index in [0.717, 1.165) is 5.75 Å². The Balaban J connectivity index is 2.66. The molecule has 11 heavy (non-hydrogen) atoms. The van der Waals surface area contributed by atoms with Crippen LogP contribution in [0.3, 0.4) is 0 Å². The molecule has 0 aliphatic heterocycles. The summed E-state index contributed by atoms with van der Waals surface area (Å²) >= 11 is 1.87. The Labute approximate surface area is 72.2 Å². The minimum Gasteiger partial charge on any atom is -0.388 e. The van der Waals surface area contributed by atoms with E-state index in [0.29, 0.717) is 0 Å². The van der Waals surface area contributed by atoms with Crippen molar-refractivity contribution in [2.75, 3.05) is 18.1 Å². The van der Waals surface area contributed by atoms with Crippen molar-refractivity contribution in [3.63, 3.8) is 0 Å². The number of rotatable bonds is 3. The molecular formula is C9H13NS. The molecule has 1 aromatic carbocycles. The van der Waals surface area contributed by atoms with E-state index in [1.165, 1.54) is 10.6 Å². The minimum absolute atomic E-state index is 1.14. The highest BCUT2D eigenvalue weighted by Gasteiger charge is 1.90. The van der Waals surface area contributed by atoms with Gasteiger partial charge in [-0.25, -0.2) is 0 Å². The van der Waals surface area contributed by atoms with E-state index in [1.807, 2.05) is 18.8 Å². The van der Waals surface area contributed by atoms with Crippen molar-refractivity contribution in [3.8, 4) is 0 Å². The zero-order valence-electron chi connectivity index (χ0n) is 6.92. The van der Waals surface area contributed by atoms with Gasteiger partial charge < -0.3 is 5.32 Å². The lowest BCUT2D eigenvalue weighted by atomic mass is 10.3. The number of anilines is 1. The summed E-state index contributed by atoms with van der Waals surface area (Å²) < 4.78 is 0. The molecule has 0 saturated heterocycles. The SMILES string of the molecule is CCSc1ccc(NC)cc1. The average Bonchev–Trinajstić information content (AvgIpc) is 2.07. The molecule has 0 bridgehead atoms. The van der Waals surface area contributed by atoms with Gasteiger partial charge in [-0.1, -0.05) is 6.92 Å². The second-order valence-corrected chi connectivity index (χ2v) is 3.54. The van der Waals surface area contributed by atoms with Gasteiger partial charge >= 0.3 is 0 Å². The molecule has 0 aliphatic carbocycles. The molecule has 0 aliphatic rings. The maximum atomic E-state index is 3.09. The van der Waals surface area contributed by atoms with Gasteiger partial charge in [-0.05, 0) is 30.0 Å². The average molecular weight is 167 g/mol. The lowest BCUT2D eigenvalue weighted by Gasteiger charge is -2.00. The van der Waals surface area contributed by atoms with Crippen molar-refractivity contribution >= 4 is 17.4 Å². The first-order chi connectivity index (χ1) is 5.36. The summed E-state index contributed by atoms with van der Waals surface area (Å²) in [6.07, 6.45) is 0. The molecule has 60 valence electrons. The minimum atomic E-state index is 1.14. The maximum absolute atomic E-state index is 3.09. The van der Waals surface area contributed by atoms with E-state index < -0.39 is 0 Å². The van der Waals surface area contributed by atoms with Crippen LogP contribution in [0, 0.1) is 0 Å². The normalized spacial score (nSPS) is 9.64. The first kappa shape index (κ1) is 8.47. The van der Waals surface area contributed by atoms with E-state index in [9.17, 15) is 0 Å². The highest BCUT2D eigenvalue weighted by Crippen LogP contribution is 2.19. The molecule has 1 aromatic rings. The summed E-state index contributed by atoms with van der Waals surface area (Å²) in [6.45, 7) is 2.16. The van der Waals surface area contributed by atoms with Crippen molar-refractivity contribution < 1.29 is 0 Å². The standard InChI is InChI=1S/C9H13NS/c1-3-11-9-6-4-8(10-2)5-7-9/h4-7,10H,3H2,1-2H3. The smallest absolute Gasteiger partial charge is 0.0338 e. The van der Waals surface area contributed by atoms with Crippen LogP contribution in [0.2, 0.25) is 0 Å². The molecule has 0 heterocycles. The van der Waals surface area contributed by atoms with Crippen LogP contribution in [0.25, 0.3) is 0 Å². The van der Waals surface area contributed by atoms with Gasteiger partial charge in [0.1, 0.15) is 0 Å². The fraction of sp³-hybridized carbons (Fsp3) is 0.333. The zero-order chi connectivity index (χ0) is 8.10. The summed E-state index contributed by atoms with van der Waals surface area (Å²) in [5.74, 6) is 1.14. The molecule has 2 heteroatoms. The van der Waals surface area contributed by atoms with Crippen LogP contribution >= 0.6 is 11.8 Å². The van der Waals surface area contributed by atoms with Gasteiger partial charge in [0.15, 0.2) is 0 Å². The summed E-state index contributed by atoms with van der Waals surface area (Å²) in [5, 5.41) is 3.09. The van der Waals surface area contributed by atoms with Crippen LogP contribution in [0.5, 0.6) is 0 Å². The van der Waals surface area contributed by atoms with E-state index in [1.54, 1.807) is 0 Å². The summed E-state index contributed by atoms with van der Waals surface area (Å²) in [4.78, 5) is 1.34. The number of benzene rings is 1. The highest BCUT2D eigenvalue weighted by atomic mass is 32.2. The van der Waals surface area contributed by atoms with E-state index >= 15 is 0 Å². The van der Waals surface area contributed by atoms with E-state index in [-0.39, 0.29) is 0 Å². The topological polar surface area (TPSA) is 12.0 Å². The molecule has 0 radical (unpaired) electrons. The van der Waals surface area contributed by atoms with Crippen LogP contribution in [0.15, 0.2) is 29.2 Å². The fourth-order valence-electron chi connectivity index (χ4n) is 0.884. The Kier molecular flexibility index (Phi) is 3.30. The molecule has 0 unspecified atom stereocenters. The predicted octanol–water partition coefficient (Wildman–Crippen LogP) is 2.84. The van der Waals surface area contributed by atoms with Crippen molar-refractivity contribution in [2.45, 2.75) is 11.8 Å². The monoisotopic (exact) mass is 167 g/mol. The molecule has 0 fully saturated rings. The second-order valence-electron chi connectivity index (χ2n) is 2.21. The maximum Gasteiger partial charge on any atom is 0.0338 e. The van der Waals surface area contributed by atoms with Gasteiger partial charge in [0.05, 0.1) is 0 Å². The summed E-state index contributed by atoms with van der Waals surface area (Å²) in [5.41, 5.74) is 1.17. The molecule has 1 rings (SSSR count). The van der Waals surface area contributed by atoms with Crippen LogP contribution in [-0.2, 0) is 0 Å². The summed E-state index contributed by atoms with van der Waals surface area (Å²) in [7, 11) is 1.93. The highest BCUT2D eigenvalue weighted by molar-refractivity contribution is 7.99. The van der Waals surface area contributed by atoms with Gasteiger partial charge in [0, 0.05) is 17.6 Å². The molecule has 0 amide bonds.